The molecule has 1 aliphatic rings. The number of hydrogen-bond donors (Lipinski definition) is 1. The van der Waals surface area contributed by atoms with Crippen molar-refractivity contribution >= 4 is 32.4 Å². The number of ether oxygens (including phenoxy) is 1. The zero-order chi connectivity index (χ0) is 26.2. The lowest BCUT2D eigenvalue weighted by molar-refractivity contribution is -0.127. The van der Waals surface area contributed by atoms with Gasteiger partial charge in [0.2, 0.25) is 0 Å². The Bertz CT molecular complexity index is 1560. The van der Waals surface area contributed by atoms with Crippen LogP contribution in [0.1, 0.15) is 31.9 Å². The smallest absolute Gasteiger partial charge is 0.264 e. The zero-order valence-corrected chi connectivity index (χ0v) is 22.0. The molecule has 0 bridgehead atoms. The van der Waals surface area contributed by atoms with Crippen molar-refractivity contribution in [2.24, 2.45) is 0 Å². The third kappa shape index (κ3) is 5.04. The molecule has 1 unspecified atom stereocenters. The van der Waals surface area contributed by atoms with E-state index in [-0.39, 0.29) is 22.8 Å². The van der Waals surface area contributed by atoms with Crippen molar-refractivity contribution in [2.75, 3.05) is 10.8 Å². The molecule has 5 rings (SSSR count). The summed E-state index contributed by atoms with van der Waals surface area (Å²) in [5.41, 5.74) is 2.18. The lowest BCUT2D eigenvalue weighted by Gasteiger charge is -2.36. The molecule has 0 saturated carbocycles. The zero-order valence-electron chi connectivity index (χ0n) is 21.1. The molecular weight excluding hydrogens is 484 g/mol. The Morgan fingerprint density at radius 2 is 1.62 bits per heavy atom. The van der Waals surface area contributed by atoms with Crippen molar-refractivity contribution in [3.05, 3.63) is 102 Å². The first-order chi connectivity index (χ1) is 17.6. The van der Waals surface area contributed by atoms with Crippen LogP contribution in [-0.4, -0.2) is 27.0 Å². The Kier molecular flexibility index (Phi) is 6.42. The van der Waals surface area contributed by atoms with Crippen LogP contribution in [0.5, 0.6) is 5.75 Å². The number of anilines is 1. The Balaban J connectivity index is 1.44. The van der Waals surface area contributed by atoms with E-state index in [1.807, 2.05) is 54.6 Å². The van der Waals surface area contributed by atoms with Crippen molar-refractivity contribution in [2.45, 2.75) is 43.7 Å². The standard InChI is InChI=1S/C30H30N2O4S/c1-30(2,3)24-15-16-27-26(18-24)32(37(34,35)25-11-5-4-6-12-25)20-28(36-27)29(33)31-19-21-13-14-22-9-7-8-10-23(22)17-21/h4-18,28H,19-20H2,1-3H3,(H,31,33). The second-order valence-electron chi connectivity index (χ2n) is 10.3. The fraction of sp³-hybridized carbons (Fsp3) is 0.233. The number of carbonyl (C=O) groups is 1. The SMILES string of the molecule is CC(C)(C)c1ccc2c(c1)N(S(=O)(=O)c1ccccc1)CC(C(=O)NCc1ccc3ccccc3c1)O2. The van der Waals surface area contributed by atoms with Gasteiger partial charge in [0.1, 0.15) is 5.75 Å². The van der Waals surface area contributed by atoms with Crippen LogP contribution >= 0.6 is 0 Å². The average molecular weight is 515 g/mol. The normalized spacial score (nSPS) is 15.6. The first-order valence-corrected chi connectivity index (χ1v) is 13.7. The molecule has 1 heterocycles. The van der Waals surface area contributed by atoms with Crippen LogP contribution in [0.2, 0.25) is 0 Å². The van der Waals surface area contributed by atoms with E-state index < -0.39 is 16.1 Å². The summed E-state index contributed by atoms with van der Waals surface area (Å²) in [6, 6.07) is 27.9. The Hall–Kier alpha value is -3.84. The molecule has 1 amide bonds. The average Bonchev–Trinajstić information content (AvgIpc) is 2.90. The molecule has 0 aromatic heterocycles. The number of hydrogen-bond acceptors (Lipinski definition) is 4. The molecule has 7 heteroatoms. The first-order valence-electron chi connectivity index (χ1n) is 12.3. The van der Waals surface area contributed by atoms with Crippen molar-refractivity contribution in [3.63, 3.8) is 0 Å². The highest BCUT2D eigenvalue weighted by Crippen LogP contribution is 2.40. The molecule has 190 valence electrons. The highest BCUT2D eigenvalue weighted by atomic mass is 32.2. The largest absolute Gasteiger partial charge is 0.476 e. The van der Waals surface area contributed by atoms with Crippen LogP contribution in [0.3, 0.4) is 0 Å². The van der Waals surface area contributed by atoms with Gasteiger partial charge in [-0.25, -0.2) is 8.42 Å². The number of fused-ring (bicyclic) bond motifs is 2. The van der Waals surface area contributed by atoms with Crippen LogP contribution in [0, 0.1) is 0 Å². The van der Waals surface area contributed by atoms with E-state index in [1.165, 1.54) is 4.31 Å². The fourth-order valence-electron chi connectivity index (χ4n) is 4.45. The molecule has 0 spiro atoms. The number of rotatable bonds is 5. The van der Waals surface area contributed by atoms with Gasteiger partial charge >= 0.3 is 0 Å². The molecule has 0 radical (unpaired) electrons. The van der Waals surface area contributed by atoms with E-state index in [1.54, 1.807) is 36.4 Å². The second-order valence-corrected chi connectivity index (χ2v) is 12.1. The minimum absolute atomic E-state index is 0.124. The number of nitrogens with one attached hydrogen (secondary N) is 1. The Labute approximate surface area is 217 Å². The highest BCUT2D eigenvalue weighted by Gasteiger charge is 2.38. The van der Waals surface area contributed by atoms with E-state index in [9.17, 15) is 13.2 Å². The molecule has 0 fully saturated rings. The summed E-state index contributed by atoms with van der Waals surface area (Å²) in [5.74, 6) is -0.00317. The van der Waals surface area contributed by atoms with Gasteiger partial charge in [-0.2, -0.15) is 0 Å². The Morgan fingerprint density at radius 1 is 0.919 bits per heavy atom. The molecule has 4 aromatic rings. The summed E-state index contributed by atoms with van der Waals surface area (Å²) >= 11 is 0. The predicted molar refractivity (Wildman–Crippen MR) is 146 cm³/mol. The summed E-state index contributed by atoms with van der Waals surface area (Å²) in [4.78, 5) is 13.4. The lowest BCUT2D eigenvalue weighted by atomic mass is 9.86. The van der Waals surface area contributed by atoms with Crippen LogP contribution in [0.15, 0.2) is 95.9 Å². The third-order valence-electron chi connectivity index (χ3n) is 6.60. The van der Waals surface area contributed by atoms with Crippen molar-refractivity contribution in [1.82, 2.24) is 5.32 Å². The summed E-state index contributed by atoms with van der Waals surface area (Å²) in [6.45, 7) is 6.39. The number of nitrogens with zero attached hydrogens (tertiary/aromatic N) is 1. The highest BCUT2D eigenvalue weighted by molar-refractivity contribution is 7.92. The maximum absolute atomic E-state index is 13.7. The van der Waals surface area contributed by atoms with Crippen LogP contribution in [-0.2, 0) is 26.8 Å². The first kappa shape index (κ1) is 24.8. The topological polar surface area (TPSA) is 75.7 Å². The van der Waals surface area contributed by atoms with Gasteiger partial charge in [-0.1, -0.05) is 81.4 Å². The number of benzene rings is 4. The van der Waals surface area contributed by atoms with Gasteiger partial charge in [-0.05, 0) is 57.6 Å². The molecule has 0 saturated heterocycles. The van der Waals surface area contributed by atoms with Gasteiger partial charge in [-0.15, -0.1) is 0 Å². The predicted octanol–water partition coefficient (Wildman–Crippen LogP) is 5.41. The fourth-order valence-corrected chi connectivity index (χ4v) is 5.94. The molecule has 1 aliphatic heterocycles. The lowest BCUT2D eigenvalue weighted by Crippen LogP contribution is -2.50. The van der Waals surface area contributed by atoms with Gasteiger partial charge in [0, 0.05) is 6.54 Å². The van der Waals surface area contributed by atoms with Crippen molar-refractivity contribution in [1.29, 1.82) is 0 Å². The molecule has 1 atom stereocenters. The molecule has 0 aliphatic carbocycles. The maximum atomic E-state index is 13.7. The minimum atomic E-state index is -3.92. The van der Waals surface area contributed by atoms with E-state index in [0.29, 0.717) is 18.0 Å². The van der Waals surface area contributed by atoms with Crippen molar-refractivity contribution < 1.29 is 17.9 Å². The molecule has 1 N–H and O–H groups in total. The quantitative estimate of drug-likeness (QED) is 0.386. The molecule has 4 aromatic carbocycles. The minimum Gasteiger partial charge on any atom is -0.476 e. The summed E-state index contributed by atoms with van der Waals surface area (Å²) in [5, 5.41) is 5.14. The van der Waals surface area contributed by atoms with Gasteiger partial charge in [-0.3, -0.25) is 9.10 Å². The third-order valence-corrected chi connectivity index (χ3v) is 8.39. The molecule has 37 heavy (non-hydrogen) atoms. The van der Waals surface area contributed by atoms with Crippen LogP contribution < -0.4 is 14.4 Å². The van der Waals surface area contributed by atoms with Crippen LogP contribution in [0.4, 0.5) is 5.69 Å². The molecule has 6 nitrogen and oxygen atoms in total. The van der Waals surface area contributed by atoms with Gasteiger partial charge in [0.25, 0.3) is 15.9 Å². The summed E-state index contributed by atoms with van der Waals surface area (Å²) < 4.78 is 34.8. The van der Waals surface area contributed by atoms with E-state index in [0.717, 1.165) is 21.9 Å². The second kappa shape index (κ2) is 9.56. The monoisotopic (exact) mass is 514 g/mol. The summed E-state index contributed by atoms with van der Waals surface area (Å²) in [6.07, 6.45) is -0.994. The van der Waals surface area contributed by atoms with E-state index >= 15 is 0 Å². The van der Waals surface area contributed by atoms with Gasteiger partial charge in [0.05, 0.1) is 17.1 Å². The van der Waals surface area contributed by atoms with Crippen molar-refractivity contribution in [3.8, 4) is 5.75 Å². The van der Waals surface area contributed by atoms with E-state index in [2.05, 4.69) is 26.1 Å². The van der Waals surface area contributed by atoms with Crippen LogP contribution in [0.25, 0.3) is 10.8 Å². The van der Waals surface area contributed by atoms with Gasteiger partial charge < -0.3 is 10.1 Å². The van der Waals surface area contributed by atoms with Gasteiger partial charge in [0.15, 0.2) is 6.10 Å². The molecular formula is C30H30N2O4S. The van der Waals surface area contributed by atoms with E-state index in [4.69, 9.17) is 4.74 Å². The summed E-state index contributed by atoms with van der Waals surface area (Å²) in [7, 11) is -3.92. The Morgan fingerprint density at radius 3 is 2.35 bits per heavy atom. The number of carbonyl (C=O) groups excluding carboxylic acids is 1. The maximum Gasteiger partial charge on any atom is 0.264 e. The number of amides is 1. The number of sulfonamides is 1.